The van der Waals surface area contributed by atoms with Crippen LogP contribution in [0.2, 0.25) is 0 Å². The largest absolute Gasteiger partial charge is 0.412 e. The zero-order valence-corrected chi connectivity index (χ0v) is 18.9. The summed E-state index contributed by atoms with van der Waals surface area (Å²) in [6.07, 6.45) is 2.92. The van der Waals surface area contributed by atoms with Gasteiger partial charge in [0.2, 0.25) is 0 Å². The Balaban J connectivity index is 0.000000300. The van der Waals surface area contributed by atoms with Crippen LogP contribution in [0.15, 0.2) is 36.4 Å². The molecule has 0 bridgehead atoms. The summed E-state index contributed by atoms with van der Waals surface area (Å²) in [5.41, 5.74) is 4.75. The van der Waals surface area contributed by atoms with Crippen LogP contribution in [-0.2, 0) is 25.7 Å². The van der Waals surface area contributed by atoms with E-state index >= 15 is 0 Å². The van der Waals surface area contributed by atoms with E-state index in [1.807, 2.05) is 24.3 Å². The van der Waals surface area contributed by atoms with E-state index in [2.05, 4.69) is 50.5 Å². The van der Waals surface area contributed by atoms with Crippen LogP contribution in [-0.4, -0.2) is 26.3 Å². The summed E-state index contributed by atoms with van der Waals surface area (Å²) in [5, 5.41) is 4.85. The molecule has 0 aromatic heterocycles. The van der Waals surface area contributed by atoms with E-state index in [4.69, 9.17) is 9.47 Å². The molecule has 2 rings (SSSR count). The molecule has 0 aliphatic heterocycles. The molecule has 2 amide bonds. The molecule has 2 N–H and O–H groups in total. The number of aryl methyl sites for hydroxylation is 4. The van der Waals surface area contributed by atoms with Crippen LogP contribution < -0.4 is 20.1 Å². The SMILES string of the molecule is CCc1cc(CC)cc(OC(=O)NC)c1.CCc1cc(CC)cc(OC(=O)NC)c1. The number of carbonyl (C=O) groups excluding carboxylic acids is 2. The normalized spacial score (nSPS) is 9.80. The Labute approximate surface area is 180 Å². The highest BCUT2D eigenvalue weighted by molar-refractivity contribution is 5.70. The number of benzene rings is 2. The lowest BCUT2D eigenvalue weighted by molar-refractivity contribution is 0.202. The van der Waals surface area contributed by atoms with E-state index in [1.54, 1.807) is 14.1 Å². The lowest BCUT2D eigenvalue weighted by atomic mass is 10.1. The van der Waals surface area contributed by atoms with Gasteiger partial charge in [0.05, 0.1) is 0 Å². The van der Waals surface area contributed by atoms with Gasteiger partial charge < -0.3 is 20.1 Å². The summed E-state index contributed by atoms with van der Waals surface area (Å²) in [4.78, 5) is 22.1. The second-order valence-corrected chi connectivity index (χ2v) is 6.66. The van der Waals surface area contributed by atoms with Crippen LogP contribution in [0.5, 0.6) is 11.5 Å². The molecule has 0 aliphatic rings. The first-order valence-electron chi connectivity index (χ1n) is 10.4. The predicted octanol–water partition coefficient (Wildman–Crippen LogP) is 5.06. The van der Waals surface area contributed by atoms with Gasteiger partial charge in [-0.2, -0.15) is 0 Å². The molecule has 0 saturated carbocycles. The minimum absolute atomic E-state index is 0.426. The number of carbonyl (C=O) groups is 2. The lowest BCUT2D eigenvalue weighted by Crippen LogP contribution is -2.22. The Hall–Kier alpha value is -3.02. The first-order valence-corrected chi connectivity index (χ1v) is 10.4. The second-order valence-electron chi connectivity index (χ2n) is 6.66. The van der Waals surface area contributed by atoms with Crippen molar-refractivity contribution >= 4 is 12.2 Å². The minimum Gasteiger partial charge on any atom is -0.410 e. The molecule has 6 heteroatoms. The van der Waals surface area contributed by atoms with Gasteiger partial charge in [-0.25, -0.2) is 9.59 Å². The van der Waals surface area contributed by atoms with Crippen molar-refractivity contribution in [2.24, 2.45) is 0 Å². The number of ether oxygens (including phenoxy) is 2. The Morgan fingerprint density at radius 3 is 1.07 bits per heavy atom. The van der Waals surface area contributed by atoms with E-state index in [0.717, 1.165) is 25.7 Å². The standard InChI is InChI=1S/2C12H17NO2/c2*1-4-9-6-10(5-2)8-11(7-9)15-12(14)13-3/h2*6-8H,4-5H2,1-3H3,(H,13,14). The first kappa shape index (κ1) is 25.0. The number of amides is 2. The van der Waals surface area contributed by atoms with E-state index < -0.39 is 12.2 Å². The molecule has 164 valence electrons. The van der Waals surface area contributed by atoms with Crippen molar-refractivity contribution in [1.29, 1.82) is 0 Å². The van der Waals surface area contributed by atoms with Crippen molar-refractivity contribution in [1.82, 2.24) is 10.6 Å². The van der Waals surface area contributed by atoms with Gasteiger partial charge in [0.25, 0.3) is 0 Å². The molecule has 0 atom stereocenters. The van der Waals surface area contributed by atoms with Crippen molar-refractivity contribution < 1.29 is 19.1 Å². The monoisotopic (exact) mass is 414 g/mol. The molecule has 2 aromatic carbocycles. The second kappa shape index (κ2) is 13.2. The van der Waals surface area contributed by atoms with Gasteiger partial charge in [-0.1, -0.05) is 39.8 Å². The number of rotatable bonds is 6. The van der Waals surface area contributed by atoms with Gasteiger partial charge in [-0.05, 0) is 72.2 Å². The van der Waals surface area contributed by atoms with Crippen LogP contribution in [0.25, 0.3) is 0 Å². The topological polar surface area (TPSA) is 76.7 Å². The average Bonchev–Trinajstić information content (AvgIpc) is 2.78. The fourth-order valence-electron chi connectivity index (χ4n) is 2.71. The molecule has 2 aromatic rings. The minimum atomic E-state index is -0.426. The van der Waals surface area contributed by atoms with Gasteiger partial charge in [0, 0.05) is 14.1 Å². The highest BCUT2D eigenvalue weighted by atomic mass is 16.6. The first-order chi connectivity index (χ1) is 14.4. The molecule has 0 fully saturated rings. The Bertz CT molecular complexity index is 720. The lowest BCUT2D eigenvalue weighted by Gasteiger charge is -2.07. The zero-order valence-electron chi connectivity index (χ0n) is 18.9. The van der Waals surface area contributed by atoms with Crippen LogP contribution in [0.1, 0.15) is 49.9 Å². The third-order valence-electron chi connectivity index (χ3n) is 4.51. The summed E-state index contributed by atoms with van der Waals surface area (Å²) < 4.78 is 10.2. The fraction of sp³-hybridized carbons (Fsp3) is 0.417. The summed E-state index contributed by atoms with van der Waals surface area (Å²) in [6, 6.07) is 11.9. The average molecular weight is 415 g/mol. The smallest absolute Gasteiger partial charge is 0.410 e. The van der Waals surface area contributed by atoms with Crippen molar-refractivity contribution in [2.75, 3.05) is 14.1 Å². The molecule has 0 spiro atoms. The van der Waals surface area contributed by atoms with Crippen LogP contribution in [0.3, 0.4) is 0 Å². The quantitative estimate of drug-likeness (QED) is 0.693. The maximum absolute atomic E-state index is 11.0. The van der Waals surface area contributed by atoms with Crippen molar-refractivity contribution in [3.63, 3.8) is 0 Å². The van der Waals surface area contributed by atoms with Crippen molar-refractivity contribution in [3.05, 3.63) is 58.7 Å². The maximum Gasteiger partial charge on any atom is 0.412 e. The summed E-state index contributed by atoms with van der Waals surface area (Å²) in [5.74, 6) is 1.23. The highest BCUT2D eigenvalue weighted by Crippen LogP contribution is 2.19. The predicted molar refractivity (Wildman–Crippen MR) is 121 cm³/mol. The summed E-state index contributed by atoms with van der Waals surface area (Å²) >= 11 is 0. The Kier molecular flexibility index (Phi) is 11.0. The fourth-order valence-corrected chi connectivity index (χ4v) is 2.71. The van der Waals surface area contributed by atoms with E-state index in [0.29, 0.717) is 11.5 Å². The van der Waals surface area contributed by atoms with Gasteiger partial charge in [0.15, 0.2) is 0 Å². The van der Waals surface area contributed by atoms with Crippen LogP contribution >= 0.6 is 0 Å². The maximum atomic E-state index is 11.0. The number of nitrogens with one attached hydrogen (secondary N) is 2. The zero-order chi connectivity index (χ0) is 22.5. The number of hydrogen-bond donors (Lipinski definition) is 2. The van der Waals surface area contributed by atoms with Crippen molar-refractivity contribution in [3.8, 4) is 11.5 Å². The molecule has 0 unspecified atom stereocenters. The molecule has 30 heavy (non-hydrogen) atoms. The van der Waals surface area contributed by atoms with Gasteiger partial charge in [-0.3, -0.25) is 0 Å². The highest BCUT2D eigenvalue weighted by Gasteiger charge is 2.05. The molecular formula is C24H34N2O4. The Morgan fingerprint density at radius 2 is 0.867 bits per heavy atom. The van der Waals surface area contributed by atoms with E-state index in [-0.39, 0.29) is 0 Å². The third-order valence-corrected chi connectivity index (χ3v) is 4.51. The molecule has 0 radical (unpaired) electrons. The number of hydrogen-bond acceptors (Lipinski definition) is 4. The van der Waals surface area contributed by atoms with Crippen molar-refractivity contribution in [2.45, 2.75) is 53.4 Å². The summed E-state index contributed by atoms with van der Waals surface area (Å²) in [7, 11) is 3.10. The molecule has 6 nitrogen and oxygen atoms in total. The third kappa shape index (κ3) is 8.55. The van der Waals surface area contributed by atoms with E-state index in [1.165, 1.54) is 22.3 Å². The molecule has 0 aliphatic carbocycles. The van der Waals surface area contributed by atoms with Gasteiger partial charge in [-0.15, -0.1) is 0 Å². The molecule has 0 heterocycles. The summed E-state index contributed by atoms with van der Waals surface area (Å²) in [6.45, 7) is 8.33. The van der Waals surface area contributed by atoms with E-state index in [9.17, 15) is 9.59 Å². The molecule has 0 saturated heterocycles. The van der Waals surface area contributed by atoms with Gasteiger partial charge >= 0.3 is 12.2 Å². The van der Waals surface area contributed by atoms with Gasteiger partial charge in [0.1, 0.15) is 11.5 Å². The molecular weight excluding hydrogens is 380 g/mol. The van der Waals surface area contributed by atoms with Crippen LogP contribution in [0.4, 0.5) is 9.59 Å². The van der Waals surface area contributed by atoms with Crippen LogP contribution in [0, 0.1) is 0 Å². The Morgan fingerprint density at radius 1 is 0.600 bits per heavy atom.